The summed E-state index contributed by atoms with van der Waals surface area (Å²) < 4.78 is 56.8. The number of aliphatic hydroxyl groups excluding tert-OH is 1. The molecule has 32 heavy (non-hydrogen) atoms. The number of nitrogens with one attached hydrogen (secondary N) is 3. The molecule has 0 aliphatic heterocycles. The van der Waals surface area contributed by atoms with Gasteiger partial charge in [-0.2, -0.15) is 18.2 Å². The van der Waals surface area contributed by atoms with Crippen molar-refractivity contribution in [3.8, 4) is 11.1 Å². The van der Waals surface area contributed by atoms with Crippen LogP contribution in [0.15, 0.2) is 41.3 Å². The van der Waals surface area contributed by atoms with Gasteiger partial charge in [-0.15, -0.1) is 5.10 Å². The number of nitrogens with zero attached hydrogens (tertiary/aromatic N) is 2. The van der Waals surface area contributed by atoms with Gasteiger partial charge in [-0.1, -0.05) is 23.7 Å². The summed E-state index contributed by atoms with van der Waals surface area (Å²) in [6, 6.07) is 8.00. The van der Waals surface area contributed by atoms with E-state index < -0.39 is 28.8 Å². The number of rotatable bonds is 6. The van der Waals surface area contributed by atoms with Gasteiger partial charge in [0, 0.05) is 17.3 Å². The van der Waals surface area contributed by atoms with Crippen LogP contribution >= 0.6 is 11.6 Å². The van der Waals surface area contributed by atoms with Crippen LogP contribution in [0.2, 0.25) is 5.02 Å². The SMILES string of the molecule is Nc1nc(Nc2cc(Cl)c(-c3ccc(S(=O)NC4CC(O)C4)cc3)c(C(F)(F)F)c2)n[nH]1. The minimum absolute atomic E-state index is 0.00208. The number of nitrogen functional groups attached to an aromatic ring is 1. The van der Waals surface area contributed by atoms with E-state index in [-0.39, 0.29) is 39.8 Å². The lowest BCUT2D eigenvalue weighted by atomic mass is 9.91. The molecule has 1 aliphatic rings. The Labute approximate surface area is 188 Å². The molecule has 3 aromatic rings. The highest BCUT2D eigenvalue weighted by atomic mass is 35.5. The van der Waals surface area contributed by atoms with Crippen molar-refractivity contribution in [2.75, 3.05) is 11.1 Å². The van der Waals surface area contributed by atoms with Crippen LogP contribution in [0.4, 0.5) is 30.8 Å². The molecule has 0 amide bonds. The molecule has 1 saturated carbocycles. The third-order valence-corrected chi connectivity index (χ3v) is 6.44. The summed E-state index contributed by atoms with van der Waals surface area (Å²) in [6.07, 6.45) is -4.07. The Bertz CT molecular complexity index is 1150. The van der Waals surface area contributed by atoms with Crippen molar-refractivity contribution in [2.45, 2.75) is 36.1 Å². The number of halogens is 4. The predicted octanol–water partition coefficient (Wildman–Crippen LogP) is 3.61. The zero-order valence-corrected chi connectivity index (χ0v) is 17.9. The number of H-pyrrole nitrogens is 1. The van der Waals surface area contributed by atoms with E-state index in [2.05, 4.69) is 25.2 Å². The molecule has 170 valence electrons. The standard InChI is InChI=1S/C19H18ClF3N6O2S/c20-15-8-10(25-18-26-17(24)27-28-18)7-14(19(21,22)23)16(15)9-1-3-13(4-2-9)32(31)29-11-5-12(30)6-11/h1-4,7-8,11-12,29-30H,5-6H2,(H4,24,25,26,27,28). The van der Waals surface area contributed by atoms with Crippen molar-refractivity contribution in [2.24, 2.45) is 0 Å². The van der Waals surface area contributed by atoms with E-state index in [0.29, 0.717) is 17.7 Å². The molecule has 1 atom stereocenters. The lowest BCUT2D eigenvalue weighted by Gasteiger charge is -2.31. The average molecular weight is 487 g/mol. The molecule has 2 aromatic carbocycles. The zero-order chi connectivity index (χ0) is 23.0. The molecule has 13 heteroatoms. The molecule has 0 spiro atoms. The Morgan fingerprint density at radius 1 is 1.22 bits per heavy atom. The van der Waals surface area contributed by atoms with E-state index in [0.717, 1.165) is 6.07 Å². The molecule has 8 nitrogen and oxygen atoms in total. The van der Waals surface area contributed by atoms with Crippen LogP contribution in [-0.2, 0) is 17.2 Å². The van der Waals surface area contributed by atoms with Gasteiger partial charge in [0.25, 0.3) is 0 Å². The minimum atomic E-state index is -4.69. The molecule has 0 saturated heterocycles. The third-order valence-electron chi connectivity index (χ3n) is 4.90. The van der Waals surface area contributed by atoms with E-state index in [1.54, 1.807) is 0 Å². The topological polar surface area (TPSA) is 129 Å². The smallest absolute Gasteiger partial charge is 0.393 e. The Morgan fingerprint density at radius 2 is 1.91 bits per heavy atom. The maximum absolute atomic E-state index is 13.8. The molecular formula is C19H18ClF3N6O2S. The number of anilines is 3. The summed E-state index contributed by atoms with van der Waals surface area (Å²) in [5, 5.41) is 17.9. The first-order valence-corrected chi connectivity index (χ1v) is 10.9. The lowest BCUT2D eigenvalue weighted by Crippen LogP contribution is -2.44. The molecule has 0 radical (unpaired) electrons. The molecule has 4 rings (SSSR count). The first-order valence-electron chi connectivity index (χ1n) is 9.42. The maximum atomic E-state index is 13.8. The van der Waals surface area contributed by atoms with Gasteiger partial charge in [0.15, 0.2) is 0 Å². The second-order valence-electron chi connectivity index (χ2n) is 7.28. The number of aromatic amines is 1. The molecule has 1 fully saturated rings. The van der Waals surface area contributed by atoms with Crippen LogP contribution in [0.1, 0.15) is 18.4 Å². The molecule has 0 bridgehead atoms. The van der Waals surface area contributed by atoms with Gasteiger partial charge in [0.2, 0.25) is 11.9 Å². The molecule has 1 heterocycles. The first kappa shape index (κ1) is 22.5. The summed E-state index contributed by atoms with van der Waals surface area (Å²) in [4.78, 5) is 4.20. The van der Waals surface area contributed by atoms with E-state index >= 15 is 0 Å². The van der Waals surface area contributed by atoms with Gasteiger partial charge in [0.05, 0.1) is 21.6 Å². The maximum Gasteiger partial charge on any atom is 0.417 e. The zero-order valence-electron chi connectivity index (χ0n) is 16.3. The van der Waals surface area contributed by atoms with E-state index in [1.807, 2.05) is 0 Å². The minimum Gasteiger partial charge on any atom is -0.393 e. The van der Waals surface area contributed by atoms with E-state index in [1.165, 1.54) is 30.3 Å². The van der Waals surface area contributed by atoms with Crippen LogP contribution < -0.4 is 15.8 Å². The summed E-state index contributed by atoms with van der Waals surface area (Å²) in [5.41, 5.74) is 4.53. The second-order valence-corrected chi connectivity index (χ2v) is 8.93. The van der Waals surface area contributed by atoms with Crippen LogP contribution in [-0.4, -0.2) is 36.6 Å². The molecule has 1 aromatic heterocycles. The van der Waals surface area contributed by atoms with Crippen LogP contribution in [0.25, 0.3) is 11.1 Å². The quantitative estimate of drug-likeness (QED) is 0.362. The fourth-order valence-corrected chi connectivity index (χ4v) is 4.65. The van der Waals surface area contributed by atoms with Gasteiger partial charge in [-0.05, 0) is 42.7 Å². The molecule has 1 aliphatic carbocycles. The van der Waals surface area contributed by atoms with Crippen LogP contribution in [0, 0.1) is 0 Å². The Hall–Kier alpha value is -2.67. The number of aromatic nitrogens is 3. The Morgan fingerprint density at radius 3 is 2.47 bits per heavy atom. The van der Waals surface area contributed by atoms with Crippen molar-refractivity contribution in [1.29, 1.82) is 0 Å². The third kappa shape index (κ3) is 4.88. The molecule has 6 N–H and O–H groups in total. The van der Waals surface area contributed by atoms with Gasteiger partial charge in [-0.3, -0.25) is 0 Å². The normalized spacial score (nSPS) is 19.4. The van der Waals surface area contributed by atoms with Gasteiger partial charge < -0.3 is 16.2 Å². The van der Waals surface area contributed by atoms with Crippen LogP contribution in [0.5, 0.6) is 0 Å². The summed E-state index contributed by atoms with van der Waals surface area (Å²) in [6.45, 7) is 0. The lowest BCUT2D eigenvalue weighted by molar-refractivity contribution is -0.137. The highest BCUT2D eigenvalue weighted by Gasteiger charge is 2.35. The summed E-state index contributed by atoms with van der Waals surface area (Å²) in [7, 11) is -1.55. The number of benzene rings is 2. The molecular weight excluding hydrogens is 469 g/mol. The second kappa shape index (κ2) is 8.70. The number of hydrogen-bond acceptors (Lipinski definition) is 6. The van der Waals surface area contributed by atoms with Crippen molar-refractivity contribution in [3.63, 3.8) is 0 Å². The first-order chi connectivity index (χ1) is 15.1. The average Bonchev–Trinajstić information content (AvgIpc) is 3.10. The monoisotopic (exact) mass is 486 g/mol. The number of hydrogen-bond donors (Lipinski definition) is 5. The fourth-order valence-electron chi connectivity index (χ4n) is 3.30. The molecule has 1 unspecified atom stereocenters. The number of alkyl halides is 3. The summed E-state index contributed by atoms with van der Waals surface area (Å²) >= 11 is 6.25. The van der Waals surface area contributed by atoms with Crippen LogP contribution in [0.3, 0.4) is 0 Å². The van der Waals surface area contributed by atoms with Crippen molar-refractivity contribution >= 4 is 40.2 Å². The fraction of sp³-hybridized carbons (Fsp3) is 0.263. The highest BCUT2D eigenvalue weighted by molar-refractivity contribution is 7.83. The largest absolute Gasteiger partial charge is 0.417 e. The van der Waals surface area contributed by atoms with E-state index in [4.69, 9.17) is 17.3 Å². The Kier molecular flexibility index (Phi) is 6.12. The van der Waals surface area contributed by atoms with E-state index in [9.17, 15) is 22.5 Å². The van der Waals surface area contributed by atoms with Crippen molar-refractivity contribution < 1.29 is 22.5 Å². The highest BCUT2D eigenvalue weighted by Crippen LogP contribution is 2.43. The Balaban J connectivity index is 1.62. The number of nitrogens with two attached hydrogens (primary N) is 1. The van der Waals surface area contributed by atoms with Crippen molar-refractivity contribution in [3.05, 3.63) is 47.0 Å². The van der Waals surface area contributed by atoms with Gasteiger partial charge in [0.1, 0.15) is 11.0 Å². The predicted molar refractivity (Wildman–Crippen MR) is 115 cm³/mol. The van der Waals surface area contributed by atoms with Crippen molar-refractivity contribution in [1.82, 2.24) is 19.9 Å². The summed E-state index contributed by atoms with van der Waals surface area (Å²) in [5.74, 6) is 0.00414. The number of aliphatic hydroxyl groups is 1. The van der Waals surface area contributed by atoms with Gasteiger partial charge >= 0.3 is 6.18 Å². The van der Waals surface area contributed by atoms with Gasteiger partial charge in [-0.25, -0.2) is 14.0 Å².